The Labute approximate surface area is 231 Å². The van der Waals surface area contributed by atoms with Gasteiger partial charge in [-0.3, -0.25) is 0 Å². The van der Waals surface area contributed by atoms with Crippen LogP contribution in [0.25, 0.3) is 12.2 Å². The van der Waals surface area contributed by atoms with Gasteiger partial charge >= 0.3 is 12.1 Å². The number of nitrogens with one attached hydrogen (secondary N) is 1. The maximum atomic E-state index is 13.2. The molecule has 0 bridgehead atoms. The molecule has 1 aromatic carbocycles. The number of nitrogens with two attached hydrogens (primary N) is 1. The van der Waals surface area contributed by atoms with Crippen LogP contribution in [0.2, 0.25) is 0 Å². The molecule has 3 aromatic rings. The van der Waals surface area contributed by atoms with Crippen LogP contribution >= 0.6 is 11.3 Å². The van der Waals surface area contributed by atoms with Crippen LogP contribution in [0.15, 0.2) is 65.8 Å². The average Bonchev–Trinajstić information content (AvgIpc) is 3.48. The van der Waals surface area contributed by atoms with Gasteiger partial charge in [0, 0.05) is 21.9 Å². The van der Waals surface area contributed by atoms with Gasteiger partial charge in [0.15, 0.2) is 4.88 Å². The Morgan fingerprint density at radius 1 is 1.18 bits per heavy atom. The predicted octanol–water partition coefficient (Wildman–Crippen LogP) is 2.56. The number of rotatable bonds is 9. The number of benzene rings is 1. The molecule has 0 aliphatic carbocycles. The van der Waals surface area contributed by atoms with Crippen LogP contribution < -0.4 is 26.4 Å². The van der Waals surface area contributed by atoms with E-state index in [0.717, 1.165) is 15.3 Å². The van der Waals surface area contributed by atoms with Gasteiger partial charge in [-0.1, -0.05) is 24.8 Å². The van der Waals surface area contributed by atoms with Crippen molar-refractivity contribution in [2.45, 2.75) is 31.3 Å². The molecule has 0 aliphatic rings. The first kappa shape index (κ1) is 29.5. The summed E-state index contributed by atoms with van der Waals surface area (Å²) in [5, 5.41) is 3.29. The van der Waals surface area contributed by atoms with Crippen molar-refractivity contribution in [2.75, 3.05) is 20.3 Å². The van der Waals surface area contributed by atoms with Crippen LogP contribution in [-0.2, 0) is 19.5 Å². The van der Waals surface area contributed by atoms with Crippen molar-refractivity contribution in [1.82, 2.24) is 9.29 Å². The summed E-state index contributed by atoms with van der Waals surface area (Å²) in [5.74, 6) is -0.380. The van der Waals surface area contributed by atoms with Crippen molar-refractivity contribution >= 4 is 45.6 Å². The third-order valence-electron chi connectivity index (χ3n) is 5.17. The van der Waals surface area contributed by atoms with Crippen molar-refractivity contribution in [3.63, 3.8) is 0 Å². The first-order valence-electron chi connectivity index (χ1n) is 11.8. The molecule has 0 saturated carbocycles. The Kier molecular flexibility index (Phi) is 9.25. The number of methoxy groups -OCH3 is 1. The van der Waals surface area contributed by atoms with Gasteiger partial charge in [0.1, 0.15) is 18.0 Å². The Morgan fingerprint density at radius 3 is 2.49 bits per heavy atom. The number of allylic oxidation sites excluding steroid dienone is 1. The molecule has 10 nitrogen and oxygen atoms in total. The quantitative estimate of drug-likeness (QED) is 0.294. The van der Waals surface area contributed by atoms with Gasteiger partial charge in [0.05, 0.1) is 23.9 Å². The van der Waals surface area contributed by atoms with Crippen LogP contribution in [0.5, 0.6) is 5.75 Å². The summed E-state index contributed by atoms with van der Waals surface area (Å²) in [6.45, 7) is 9.44. The second kappa shape index (κ2) is 12.2. The largest absolute Gasteiger partial charge is 0.490 e. The number of amides is 1. The van der Waals surface area contributed by atoms with E-state index in [1.54, 1.807) is 57.2 Å². The lowest BCUT2D eigenvalue weighted by atomic mass is 10.1. The highest BCUT2D eigenvalue weighted by atomic mass is 32.2. The summed E-state index contributed by atoms with van der Waals surface area (Å²) >= 11 is 1.09. The number of aromatic nitrogens is 1. The predicted molar refractivity (Wildman–Crippen MR) is 149 cm³/mol. The smallest absolute Gasteiger partial charge is 0.407 e. The highest BCUT2D eigenvalue weighted by molar-refractivity contribution is 7.90. The van der Waals surface area contributed by atoms with Crippen molar-refractivity contribution in [1.29, 1.82) is 0 Å². The van der Waals surface area contributed by atoms with Crippen molar-refractivity contribution in [3.05, 3.63) is 81.3 Å². The number of hydrogen-bond acceptors (Lipinski definition) is 9. The first-order chi connectivity index (χ1) is 18.4. The minimum absolute atomic E-state index is 0.0494. The third-order valence-corrected chi connectivity index (χ3v) is 8.03. The Morgan fingerprint density at radius 2 is 1.87 bits per heavy atom. The molecule has 3 N–H and O–H groups in total. The van der Waals surface area contributed by atoms with Crippen LogP contribution in [-0.4, -0.2) is 50.3 Å². The fourth-order valence-electron chi connectivity index (χ4n) is 3.50. The summed E-state index contributed by atoms with van der Waals surface area (Å²) in [6, 6.07) is 11.2. The molecule has 208 valence electrons. The summed E-state index contributed by atoms with van der Waals surface area (Å²) in [5.41, 5.74) is 5.61. The standard InChI is InChI=1S/C27H31N3O7S2/c1-18-20(12-15-30(18)39(33,34)19-9-7-6-8-10-19)21(11-13-28)23-17-22(24(38-23)25(31)35-5)36-16-14-29-26(32)37-27(2,3)4/h6-13,15,17H,1,14,16,28H2,2-5H3,(H,29,32)/b13-11-,21-20+. The lowest BCUT2D eigenvalue weighted by molar-refractivity contribution is 0.0516. The van der Waals surface area contributed by atoms with Crippen LogP contribution in [0, 0.1) is 0 Å². The molecule has 0 saturated heterocycles. The number of thiophene rings is 1. The Balaban J connectivity index is 1.98. The number of nitrogens with zero attached hydrogens (tertiary/aromatic N) is 1. The lowest BCUT2D eigenvalue weighted by Gasteiger charge is -2.19. The number of carbonyl (C=O) groups is 2. The van der Waals surface area contributed by atoms with E-state index in [-0.39, 0.29) is 34.0 Å². The maximum absolute atomic E-state index is 13.2. The molecule has 2 aromatic heterocycles. The topological polar surface area (TPSA) is 139 Å². The molecule has 2 heterocycles. The van der Waals surface area contributed by atoms with Gasteiger partial charge in [0.2, 0.25) is 0 Å². The summed E-state index contributed by atoms with van der Waals surface area (Å²) in [4.78, 5) is 25.2. The monoisotopic (exact) mass is 573 g/mol. The SMILES string of the molecule is C=c1/c(=C(\C=C/N)c2cc(OCCNC(=O)OC(C)(C)C)c(C(=O)OC)s2)ccn1S(=O)(=O)c1ccccc1. The molecule has 0 radical (unpaired) electrons. The van der Waals surface area contributed by atoms with E-state index in [2.05, 4.69) is 11.9 Å². The van der Waals surface area contributed by atoms with Gasteiger partial charge in [-0.2, -0.15) is 0 Å². The van der Waals surface area contributed by atoms with E-state index >= 15 is 0 Å². The third kappa shape index (κ3) is 7.09. The minimum Gasteiger partial charge on any atom is -0.490 e. The fraction of sp³-hybridized carbons (Fsp3) is 0.259. The van der Waals surface area contributed by atoms with E-state index in [0.29, 0.717) is 15.7 Å². The van der Waals surface area contributed by atoms with Crippen LogP contribution in [0.3, 0.4) is 0 Å². The van der Waals surface area contributed by atoms with Gasteiger partial charge in [-0.05, 0) is 57.3 Å². The highest BCUT2D eigenvalue weighted by Crippen LogP contribution is 2.34. The number of esters is 1. The van der Waals surface area contributed by atoms with Gasteiger partial charge in [0.25, 0.3) is 10.0 Å². The zero-order chi connectivity index (χ0) is 28.8. The molecule has 0 atom stereocenters. The van der Waals surface area contributed by atoms with Gasteiger partial charge in [-0.15, -0.1) is 11.3 Å². The van der Waals surface area contributed by atoms with Gasteiger partial charge in [-0.25, -0.2) is 22.0 Å². The molecule has 12 heteroatoms. The summed E-state index contributed by atoms with van der Waals surface area (Å²) in [7, 11) is -2.64. The normalized spacial score (nSPS) is 12.7. The minimum atomic E-state index is -3.89. The van der Waals surface area contributed by atoms with E-state index in [1.165, 1.54) is 31.6 Å². The summed E-state index contributed by atoms with van der Waals surface area (Å²) < 4.78 is 43.4. The van der Waals surface area contributed by atoms with Crippen LogP contribution in [0.4, 0.5) is 4.79 Å². The van der Waals surface area contributed by atoms with E-state index in [9.17, 15) is 18.0 Å². The molecule has 39 heavy (non-hydrogen) atoms. The molecule has 0 spiro atoms. The number of carbonyl (C=O) groups excluding carboxylic acids is 2. The Bertz CT molecular complexity index is 1580. The zero-order valence-electron chi connectivity index (χ0n) is 22.1. The van der Waals surface area contributed by atoms with E-state index in [1.807, 2.05) is 0 Å². The van der Waals surface area contributed by atoms with E-state index in [4.69, 9.17) is 19.9 Å². The van der Waals surface area contributed by atoms with Gasteiger partial charge < -0.3 is 25.3 Å². The molecule has 0 aliphatic heterocycles. The van der Waals surface area contributed by atoms with E-state index < -0.39 is 27.7 Å². The second-order valence-electron chi connectivity index (χ2n) is 9.14. The molecular weight excluding hydrogens is 542 g/mol. The Hall–Kier alpha value is -4.03. The highest BCUT2D eigenvalue weighted by Gasteiger charge is 2.22. The lowest BCUT2D eigenvalue weighted by Crippen LogP contribution is -2.34. The van der Waals surface area contributed by atoms with Crippen LogP contribution in [0.1, 0.15) is 35.3 Å². The number of ether oxygens (including phenoxy) is 3. The fourth-order valence-corrected chi connectivity index (χ4v) is 5.90. The molecular formula is C27H31N3O7S2. The second-order valence-corrected chi connectivity index (χ2v) is 12.0. The molecule has 0 fully saturated rings. The molecule has 3 rings (SSSR count). The molecule has 1 amide bonds. The maximum Gasteiger partial charge on any atom is 0.407 e. The zero-order valence-corrected chi connectivity index (χ0v) is 23.7. The number of alkyl carbamates (subject to hydrolysis) is 1. The average molecular weight is 574 g/mol. The molecule has 0 unspecified atom stereocenters. The number of hydrogen-bond donors (Lipinski definition) is 2. The summed E-state index contributed by atoms with van der Waals surface area (Å²) in [6.07, 6.45) is 3.72. The van der Waals surface area contributed by atoms with Crippen molar-refractivity contribution in [2.24, 2.45) is 5.73 Å². The first-order valence-corrected chi connectivity index (χ1v) is 14.1. The van der Waals surface area contributed by atoms with Crippen molar-refractivity contribution in [3.8, 4) is 5.75 Å². The van der Waals surface area contributed by atoms with Crippen molar-refractivity contribution < 1.29 is 32.2 Å².